The Morgan fingerprint density at radius 1 is 1.32 bits per heavy atom. The van der Waals surface area contributed by atoms with Crippen molar-refractivity contribution in [3.8, 4) is 0 Å². The molecule has 3 rings (SSSR count). The van der Waals surface area contributed by atoms with Gasteiger partial charge >= 0.3 is 5.97 Å². The van der Waals surface area contributed by atoms with Gasteiger partial charge in [-0.1, -0.05) is 32.9 Å². The summed E-state index contributed by atoms with van der Waals surface area (Å²) in [5.74, 6) is 0.741. The zero-order chi connectivity index (χ0) is 18.1. The Hall–Kier alpha value is -2.17. The van der Waals surface area contributed by atoms with Crippen LogP contribution < -0.4 is 0 Å². The molecular formula is C20H24FNO3. The Balaban J connectivity index is 2.19. The summed E-state index contributed by atoms with van der Waals surface area (Å²) >= 11 is 0. The second-order valence-corrected chi connectivity index (χ2v) is 7.18. The Bertz CT molecular complexity index is 721. The van der Waals surface area contributed by atoms with Gasteiger partial charge in [0.15, 0.2) is 5.90 Å². The van der Waals surface area contributed by atoms with Crippen LogP contribution in [0, 0.1) is 23.6 Å². The highest BCUT2D eigenvalue weighted by Gasteiger charge is 2.44. The number of hydrogen-bond acceptors (Lipinski definition) is 4. The first kappa shape index (κ1) is 17.6. The second-order valence-electron chi connectivity index (χ2n) is 7.18. The summed E-state index contributed by atoms with van der Waals surface area (Å²) in [7, 11) is 1.38. The molecule has 2 heterocycles. The molecule has 0 saturated carbocycles. The third kappa shape index (κ3) is 3.32. The maximum absolute atomic E-state index is 13.4. The van der Waals surface area contributed by atoms with Crippen molar-refractivity contribution >= 4 is 11.9 Å². The van der Waals surface area contributed by atoms with Gasteiger partial charge in [-0.25, -0.2) is 9.18 Å². The molecule has 0 saturated heterocycles. The molecule has 1 aromatic rings. The number of nitrogens with zero attached hydrogens (tertiary/aromatic N) is 1. The van der Waals surface area contributed by atoms with Gasteiger partial charge in [0.05, 0.1) is 12.7 Å². The Morgan fingerprint density at radius 2 is 2.00 bits per heavy atom. The summed E-state index contributed by atoms with van der Waals surface area (Å²) in [6.45, 7) is 6.82. The van der Waals surface area contributed by atoms with Crippen LogP contribution in [0.15, 0.2) is 40.6 Å². The smallest absolute Gasteiger partial charge is 0.337 e. The molecule has 0 N–H and O–H groups in total. The monoisotopic (exact) mass is 345 g/mol. The van der Waals surface area contributed by atoms with Gasteiger partial charge in [-0.2, -0.15) is 0 Å². The van der Waals surface area contributed by atoms with E-state index in [0.717, 1.165) is 18.5 Å². The Kier molecular flexibility index (Phi) is 4.93. The van der Waals surface area contributed by atoms with E-state index in [0.29, 0.717) is 23.1 Å². The van der Waals surface area contributed by atoms with Crippen LogP contribution in [0.2, 0.25) is 0 Å². The van der Waals surface area contributed by atoms with Crippen LogP contribution in [0.25, 0.3) is 0 Å². The number of esters is 1. The first-order valence-corrected chi connectivity index (χ1v) is 8.72. The van der Waals surface area contributed by atoms with Crippen molar-refractivity contribution in [1.82, 2.24) is 0 Å². The Labute approximate surface area is 147 Å². The van der Waals surface area contributed by atoms with Crippen LogP contribution in [-0.2, 0) is 14.3 Å². The van der Waals surface area contributed by atoms with E-state index >= 15 is 0 Å². The maximum atomic E-state index is 13.4. The van der Waals surface area contributed by atoms with Gasteiger partial charge in [-0.3, -0.25) is 4.99 Å². The van der Waals surface area contributed by atoms with Crippen molar-refractivity contribution in [2.24, 2.45) is 22.7 Å². The van der Waals surface area contributed by atoms with Gasteiger partial charge in [-0.05, 0) is 30.0 Å². The minimum Gasteiger partial charge on any atom is -0.466 e. The molecule has 3 atom stereocenters. The quantitative estimate of drug-likeness (QED) is 0.776. The van der Waals surface area contributed by atoms with Crippen LogP contribution in [-0.4, -0.2) is 25.5 Å². The van der Waals surface area contributed by atoms with Gasteiger partial charge in [0, 0.05) is 24.3 Å². The molecule has 134 valence electrons. The first-order chi connectivity index (χ1) is 11.9. The fourth-order valence-corrected chi connectivity index (χ4v) is 3.72. The molecule has 25 heavy (non-hydrogen) atoms. The molecule has 3 unspecified atom stereocenters. The summed E-state index contributed by atoms with van der Waals surface area (Å²) < 4.78 is 24.6. The average molecular weight is 345 g/mol. The highest BCUT2D eigenvalue weighted by molar-refractivity contribution is 5.96. The van der Waals surface area contributed by atoms with Crippen molar-refractivity contribution in [2.75, 3.05) is 13.7 Å². The molecule has 5 heteroatoms. The van der Waals surface area contributed by atoms with Crippen molar-refractivity contribution in [2.45, 2.75) is 33.1 Å². The number of carbonyl (C=O) groups is 1. The lowest BCUT2D eigenvalue weighted by molar-refractivity contribution is -0.137. The molecule has 0 amide bonds. The number of methoxy groups -OCH3 is 1. The molecule has 1 aromatic carbocycles. The molecule has 2 aliphatic rings. The van der Waals surface area contributed by atoms with Crippen LogP contribution in [0.4, 0.5) is 4.39 Å². The number of hydrogen-bond donors (Lipinski definition) is 0. The molecule has 0 spiro atoms. The lowest BCUT2D eigenvalue weighted by Crippen LogP contribution is -2.39. The van der Waals surface area contributed by atoms with Crippen LogP contribution in [0.3, 0.4) is 0 Å². The van der Waals surface area contributed by atoms with Gasteiger partial charge in [0.2, 0.25) is 0 Å². The summed E-state index contributed by atoms with van der Waals surface area (Å²) in [5.41, 5.74) is 1.41. The minimum atomic E-state index is -0.393. The first-order valence-electron chi connectivity index (χ1n) is 8.72. The highest BCUT2D eigenvalue weighted by atomic mass is 19.1. The third-order valence-electron chi connectivity index (χ3n) is 4.88. The number of rotatable bonds is 3. The lowest BCUT2D eigenvalue weighted by Gasteiger charge is -2.39. The van der Waals surface area contributed by atoms with Crippen molar-refractivity contribution in [1.29, 1.82) is 0 Å². The lowest BCUT2D eigenvalue weighted by atomic mass is 9.72. The molecule has 0 radical (unpaired) electrons. The molecule has 0 aliphatic carbocycles. The predicted octanol–water partition coefficient (Wildman–Crippen LogP) is 4.08. The fraction of sp³-hybridized carbons (Fsp3) is 0.500. The van der Waals surface area contributed by atoms with Crippen molar-refractivity contribution in [3.05, 3.63) is 47.0 Å². The number of fused-ring (bicyclic) bond motifs is 1. The van der Waals surface area contributed by atoms with E-state index in [1.54, 1.807) is 12.1 Å². The third-order valence-corrected chi connectivity index (χ3v) is 4.88. The minimum absolute atomic E-state index is 0.0139. The predicted molar refractivity (Wildman–Crippen MR) is 93.7 cm³/mol. The molecule has 0 aromatic heterocycles. The van der Waals surface area contributed by atoms with E-state index < -0.39 is 5.97 Å². The standard InChI is InChI=1S/C20H24FNO3/c1-11(2)18-17(20(23)24-4)16(13-5-7-14(21)8-6-13)15-9-12(3)10-22-19(15)25-18/h5-8,11-12,15-16H,9-10H2,1-4H3. The summed E-state index contributed by atoms with van der Waals surface area (Å²) in [6.07, 6.45) is 0.868. The van der Waals surface area contributed by atoms with E-state index in [1.165, 1.54) is 19.2 Å². The van der Waals surface area contributed by atoms with Gasteiger partial charge in [-0.15, -0.1) is 0 Å². The van der Waals surface area contributed by atoms with E-state index in [9.17, 15) is 9.18 Å². The number of carbonyl (C=O) groups excluding carboxylic acids is 1. The maximum Gasteiger partial charge on any atom is 0.337 e. The number of ether oxygens (including phenoxy) is 2. The number of aliphatic imine (C=N–C) groups is 1. The zero-order valence-corrected chi connectivity index (χ0v) is 15.1. The molecule has 0 fully saturated rings. The van der Waals surface area contributed by atoms with E-state index in [1.807, 2.05) is 13.8 Å². The Morgan fingerprint density at radius 3 is 2.60 bits per heavy atom. The van der Waals surface area contributed by atoms with Gasteiger partial charge in [0.1, 0.15) is 11.6 Å². The number of halogens is 1. The van der Waals surface area contributed by atoms with Crippen LogP contribution in [0.1, 0.15) is 38.7 Å². The zero-order valence-electron chi connectivity index (χ0n) is 15.1. The molecule has 4 nitrogen and oxygen atoms in total. The van der Waals surface area contributed by atoms with Crippen molar-refractivity contribution in [3.63, 3.8) is 0 Å². The van der Waals surface area contributed by atoms with Gasteiger partial charge < -0.3 is 9.47 Å². The largest absolute Gasteiger partial charge is 0.466 e. The van der Waals surface area contributed by atoms with E-state index in [4.69, 9.17) is 9.47 Å². The van der Waals surface area contributed by atoms with Crippen LogP contribution in [0.5, 0.6) is 0 Å². The molecule has 0 bridgehead atoms. The molecule has 2 aliphatic heterocycles. The average Bonchev–Trinajstić information content (AvgIpc) is 2.60. The summed E-state index contributed by atoms with van der Waals surface area (Å²) in [6, 6.07) is 6.34. The van der Waals surface area contributed by atoms with Gasteiger partial charge in [0.25, 0.3) is 0 Å². The summed E-state index contributed by atoms with van der Waals surface area (Å²) in [4.78, 5) is 17.2. The van der Waals surface area contributed by atoms with Crippen molar-refractivity contribution < 1.29 is 18.7 Å². The molecular weight excluding hydrogens is 321 g/mol. The number of benzene rings is 1. The number of allylic oxidation sites excluding steroid dienone is 1. The second kappa shape index (κ2) is 6.98. The van der Waals surface area contributed by atoms with E-state index in [2.05, 4.69) is 11.9 Å². The van der Waals surface area contributed by atoms with Crippen LogP contribution >= 0.6 is 0 Å². The SMILES string of the molecule is COC(=O)C1=C(C(C)C)OC2=NCC(C)CC2C1c1ccc(F)cc1. The summed E-state index contributed by atoms with van der Waals surface area (Å²) in [5, 5.41) is 0. The highest BCUT2D eigenvalue weighted by Crippen LogP contribution is 2.45. The fourth-order valence-electron chi connectivity index (χ4n) is 3.72. The normalized spacial score (nSPS) is 26.0. The van der Waals surface area contributed by atoms with E-state index in [-0.39, 0.29) is 23.6 Å². The topological polar surface area (TPSA) is 47.9 Å².